The van der Waals surface area contributed by atoms with E-state index in [-0.39, 0.29) is 5.82 Å². The standard InChI is InChI=1S/C18H19FN4/c1-10-14(11-6-2-3-7-11)15-16(20)22-17(23-18(15)21-10)12-8-4-5-9-13(12)19/h4-5,8-9,11H,2-3,6-7H2,1H3,(H3,20,21,22,23). The van der Waals surface area contributed by atoms with Gasteiger partial charge in [0.2, 0.25) is 0 Å². The van der Waals surface area contributed by atoms with Gasteiger partial charge in [-0.05, 0) is 43.4 Å². The van der Waals surface area contributed by atoms with E-state index >= 15 is 0 Å². The maximum absolute atomic E-state index is 14.0. The molecule has 1 saturated carbocycles. The summed E-state index contributed by atoms with van der Waals surface area (Å²) in [4.78, 5) is 12.2. The van der Waals surface area contributed by atoms with E-state index in [0.29, 0.717) is 28.8 Å². The number of nitrogen functional groups attached to an aromatic ring is 1. The van der Waals surface area contributed by atoms with Gasteiger partial charge in [0.1, 0.15) is 17.3 Å². The van der Waals surface area contributed by atoms with Gasteiger partial charge in [0.15, 0.2) is 5.82 Å². The molecular formula is C18H19FN4. The Bertz CT molecular complexity index is 878. The topological polar surface area (TPSA) is 67.6 Å². The van der Waals surface area contributed by atoms with E-state index in [9.17, 15) is 4.39 Å². The summed E-state index contributed by atoms with van der Waals surface area (Å²) in [6.45, 7) is 2.05. The van der Waals surface area contributed by atoms with Crippen LogP contribution in [0.5, 0.6) is 0 Å². The average molecular weight is 310 g/mol. The molecule has 1 aliphatic carbocycles. The summed E-state index contributed by atoms with van der Waals surface area (Å²) < 4.78 is 14.0. The summed E-state index contributed by atoms with van der Waals surface area (Å²) in [6.07, 6.45) is 4.88. The smallest absolute Gasteiger partial charge is 0.166 e. The molecule has 4 rings (SSSR count). The Balaban J connectivity index is 1.91. The molecule has 0 atom stereocenters. The second-order valence-corrected chi connectivity index (χ2v) is 6.28. The molecule has 1 aliphatic rings. The number of anilines is 1. The second kappa shape index (κ2) is 5.33. The number of hydrogen-bond donors (Lipinski definition) is 2. The highest BCUT2D eigenvalue weighted by Gasteiger charge is 2.25. The van der Waals surface area contributed by atoms with Crippen LogP contribution in [-0.4, -0.2) is 15.0 Å². The van der Waals surface area contributed by atoms with E-state index in [1.165, 1.54) is 37.3 Å². The average Bonchev–Trinajstić information content (AvgIpc) is 3.14. The molecule has 3 N–H and O–H groups in total. The van der Waals surface area contributed by atoms with Gasteiger partial charge in [-0.3, -0.25) is 0 Å². The third-order valence-electron chi connectivity index (χ3n) is 4.79. The second-order valence-electron chi connectivity index (χ2n) is 6.28. The first kappa shape index (κ1) is 14.2. The number of halogens is 1. The van der Waals surface area contributed by atoms with Crippen molar-refractivity contribution in [3.63, 3.8) is 0 Å². The lowest BCUT2D eigenvalue weighted by Gasteiger charge is -2.11. The van der Waals surface area contributed by atoms with Crippen molar-refractivity contribution in [2.45, 2.75) is 38.5 Å². The number of nitrogens with two attached hydrogens (primary N) is 1. The molecule has 1 fully saturated rings. The molecule has 2 aromatic heterocycles. The number of rotatable bonds is 2. The van der Waals surface area contributed by atoms with Crippen LogP contribution in [0.15, 0.2) is 24.3 Å². The number of nitrogens with zero attached hydrogens (tertiary/aromatic N) is 2. The van der Waals surface area contributed by atoms with Crippen molar-refractivity contribution >= 4 is 16.9 Å². The Kier molecular flexibility index (Phi) is 3.29. The van der Waals surface area contributed by atoms with Gasteiger partial charge in [-0.2, -0.15) is 0 Å². The predicted molar refractivity (Wildman–Crippen MR) is 89.6 cm³/mol. The number of fused-ring (bicyclic) bond motifs is 1. The summed E-state index contributed by atoms with van der Waals surface area (Å²) in [6, 6.07) is 6.50. The summed E-state index contributed by atoms with van der Waals surface area (Å²) in [5.41, 5.74) is 9.65. The molecule has 0 spiro atoms. The molecule has 118 valence electrons. The zero-order valence-corrected chi connectivity index (χ0v) is 13.1. The van der Waals surface area contributed by atoms with Crippen LogP contribution in [0.2, 0.25) is 0 Å². The predicted octanol–water partition coefficient (Wildman–Crippen LogP) is 4.31. The highest BCUT2D eigenvalue weighted by molar-refractivity contribution is 5.92. The number of benzene rings is 1. The SMILES string of the molecule is Cc1[nH]c2nc(-c3ccccc3F)nc(N)c2c1C1CCCC1. The van der Waals surface area contributed by atoms with Crippen LogP contribution in [0.3, 0.4) is 0 Å². The van der Waals surface area contributed by atoms with Crippen molar-refractivity contribution in [3.05, 3.63) is 41.3 Å². The molecule has 0 bridgehead atoms. The number of aromatic amines is 1. The highest BCUT2D eigenvalue weighted by atomic mass is 19.1. The lowest BCUT2D eigenvalue weighted by atomic mass is 9.95. The van der Waals surface area contributed by atoms with Gasteiger partial charge in [-0.25, -0.2) is 14.4 Å². The highest BCUT2D eigenvalue weighted by Crippen LogP contribution is 2.41. The summed E-state index contributed by atoms with van der Waals surface area (Å²) in [5, 5.41) is 0.912. The third-order valence-corrected chi connectivity index (χ3v) is 4.79. The minimum absolute atomic E-state index is 0.326. The van der Waals surface area contributed by atoms with E-state index in [0.717, 1.165) is 11.1 Å². The molecule has 0 aliphatic heterocycles. The fourth-order valence-corrected chi connectivity index (χ4v) is 3.75. The first-order valence-electron chi connectivity index (χ1n) is 8.05. The molecule has 5 heteroatoms. The lowest BCUT2D eigenvalue weighted by Crippen LogP contribution is -2.01. The number of nitrogens with one attached hydrogen (secondary N) is 1. The molecule has 4 nitrogen and oxygen atoms in total. The van der Waals surface area contributed by atoms with Crippen LogP contribution in [0.4, 0.5) is 10.2 Å². The summed E-state index contributed by atoms with van der Waals surface area (Å²) in [7, 11) is 0. The first-order valence-corrected chi connectivity index (χ1v) is 8.05. The molecule has 3 aromatic rings. The number of H-pyrrole nitrogens is 1. The van der Waals surface area contributed by atoms with E-state index in [1.807, 2.05) is 0 Å². The lowest BCUT2D eigenvalue weighted by molar-refractivity contribution is 0.630. The quantitative estimate of drug-likeness (QED) is 0.741. The molecule has 23 heavy (non-hydrogen) atoms. The van der Waals surface area contributed by atoms with Crippen molar-refractivity contribution in [2.24, 2.45) is 0 Å². The maximum Gasteiger partial charge on any atom is 0.166 e. The van der Waals surface area contributed by atoms with Gasteiger partial charge in [0.25, 0.3) is 0 Å². The van der Waals surface area contributed by atoms with E-state index in [2.05, 4.69) is 21.9 Å². The Hall–Kier alpha value is -2.43. The van der Waals surface area contributed by atoms with Crippen LogP contribution in [0.1, 0.15) is 42.9 Å². The Labute approximate surface area is 134 Å². The molecule has 2 heterocycles. The molecular weight excluding hydrogens is 291 g/mol. The van der Waals surface area contributed by atoms with Crippen LogP contribution in [-0.2, 0) is 0 Å². The zero-order valence-electron chi connectivity index (χ0n) is 13.1. The van der Waals surface area contributed by atoms with Crippen molar-refractivity contribution in [1.29, 1.82) is 0 Å². The maximum atomic E-state index is 14.0. The van der Waals surface area contributed by atoms with E-state index < -0.39 is 0 Å². The van der Waals surface area contributed by atoms with Crippen molar-refractivity contribution < 1.29 is 4.39 Å². The van der Waals surface area contributed by atoms with Crippen molar-refractivity contribution in [2.75, 3.05) is 5.73 Å². The Morgan fingerprint density at radius 1 is 1.17 bits per heavy atom. The monoisotopic (exact) mass is 310 g/mol. The number of hydrogen-bond acceptors (Lipinski definition) is 3. The van der Waals surface area contributed by atoms with Crippen LogP contribution >= 0.6 is 0 Å². The third kappa shape index (κ3) is 2.27. The largest absolute Gasteiger partial charge is 0.383 e. The first-order chi connectivity index (χ1) is 11.1. The minimum Gasteiger partial charge on any atom is -0.383 e. The van der Waals surface area contributed by atoms with Crippen molar-refractivity contribution in [1.82, 2.24) is 15.0 Å². The fourth-order valence-electron chi connectivity index (χ4n) is 3.75. The molecule has 0 unspecified atom stereocenters. The van der Waals surface area contributed by atoms with Gasteiger partial charge in [0, 0.05) is 5.69 Å². The molecule has 1 aromatic carbocycles. The van der Waals surface area contributed by atoms with Gasteiger partial charge in [-0.15, -0.1) is 0 Å². The Morgan fingerprint density at radius 2 is 1.91 bits per heavy atom. The minimum atomic E-state index is -0.342. The van der Waals surface area contributed by atoms with Gasteiger partial charge < -0.3 is 10.7 Å². The molecule has 0 radical (unpaired) electrons. The molecule has 0 saturated heterocycles. The Morgan fingerprint density at radius 3 is 2.65 bits per heavy atom. The summed E-state index contributed by atoms with van der Waals surface area (Å²) >= 11 is 0. The van der Waals surface area contributed by atoms with Gasteiger partial charge >= 0.3 is 0 Å². The van der Waals surface area contributed by atoms with Gasteiger partial charge in [-0.1, -0.05) is 25.0 Å². The van der Waals surface area contributed by atoms with Crippen LogP contribution < -0.4 is 5.73 Å². The summed E-state index contributed by atoms with van der Waals surface area (Å²) in [5.74, 6) is 0.936. The molecule has 0 amide bonds. The fraction of sp³-hybridized carbons (Fsp3) is 0.333. The van der Waals surface area contributed by atoms with Crippen LogP contribution in [0.25, 0.3) is 22.4 Å². The number of aryl methyl sites for hydroxylation is 1. The zero-order chi connectivity index (χ0) is 16.0. The van der Waals surface area contributed by atoms with Crippen LogP contribution in [0, 0.1) is 12.7 Å². The van der Waals surface area contributed by atoms with E-state index in [1.54, 1.807) is 18.2 Å². The van der Waals surface area contributed by atoms with Crippen molar-refractivity contribution in [3.8, 4) is 11.4 Å². The van der Waals surface area contributed by atoms with E-state index in [4.69, 9.17) is 5.73 Å². The van der Waals surface area contributed by atoms with Gasteiger partial charge in [0.05, 0.1) is 10.9 Å². The normalized spacial score (nSPS) is 15.6. The number of aromatic nitrogens is 3.